The molecule has 1 amide bonds. The molecule has 0 atom stereocenters. The van der Waals surface area contributed by atoms with E-state index in [1.54, 1.807) is 67.3 Å². The number of methoxy groups -OCH3 is 1. The fourth-order valence-corrected chi connectivity index (χ4v) is 3.45. The summed E-state index contributed by atoms with van der Waals surface area (Å²) < 4.78 is 6.81. The highest BCUT2D eigenvalue weighted by Gasteiger charge is 2.15. The number of ketones is 1. The van der Waals surface area contributed by atoms with E-state index in [-0.39, 0.29) is 23.9 Å². The summed E-state index contributed by atoms with van der Waals surface area (Å²) in [7, 11) is 3.35. The van der Waals surface area contributed by atoms with Crippen molar-refractivity contribution < 1.29 is 14.3 Å². The molecule has 9 heteroatoms. The number of Topliss-reactive ketones (excluding diaryl/α,β-unsaturated/α-hetero) is 1. The van der Waals surface area contributed by atoms with Gasteiger partial charge in [-0.15, -0.1) is 10.2 Å². The van der Waals surface area contributed by atoms with Crippen molar-refractivity contribution in [1.29, 1.82) is 0 Å². The molecule has 0 radical (unpaired) electrons. The Labute approximate surface area is 177 Å². The van der Waals surface area contributed by atoms with Crippen molar-refractivity contribution >= 4 is 40.7 Å². The summed E-state index contributed by atoms with van der Waals surface area (Å²) in [5.41, 5.74) is 1.25. The number of nitrogens with one attached hydrogen (secondary N) is 1. The molecule has 0 saturated heterocycles. The molecule has 3 aromatic rings. The predicted octanol–water partition coefficient (Wildman–Crippen LogP) is 3.63. The molecule has 1 heterocycles. The Balaban J connectivity index is 1.56. The third-order valence-electron chi connectivity index (χ3n) is 4.12. The minimum absolute atomic E-state index is 0.0253. The van der Waals surface area contributed by atoms with Crippen LogP contribution in [0.2, 0.25) is 5.02 Å². The van der Waals surface area contributed by atoms with Gasteiger partial charge in [0.1, 0.15) is 11.6 Å². The number of carbonyl (C=O) groups excluding carboxylic acids is 2. The first-order valence-electron chi connectivity index (χ1n) is 8.70. The Morgan fingerprint density at radius 1 is 1.10 bits per heavy atom. The number of hydrogen-bond donors (Lipinski definition) is 1. The first kappa shape index (κ1) is 20.9. The van der Waals surface area contributed by atoms with E-state index in [0.29, 0.717) is 33.0 Å². The highest BCUT2D eigenvalue weighted by atomic mass is 35.5. The Morgan fingerprint density at radius 3 is 2.45 bits per heavy atom. The van der Waals surface area contributed by atoms with Crippen LogP contribution in [0.3, 0.4) is 0 Å². The maximum Gasteiger partial charge on any atom is 0.232 e. The van der Waals surface area contributed by atoms with Crippen LogP contribution in [0.5, 0.6) is 5.75 Å². The molecule has 0 aliphatic rings. The van der Waals surface area contributed by atoms with Crippen LogP contribution in [-0.2, 0) is 18.3 Å². The minimum Gasteiger partial charge on any atom is -0.497 e. The Hall–Kier alpha value is -2.84. The van der Waals surface area contributed by atoms with Crippen LogP contribution < -0.4 is 10.1 Å². The first-order valence-corrected chi connectivity index (χ1v) is 10.1. The van der Waals surface area contributed by atoms with E-state index in [1.165, 1.54) is 11.8 Å². The highest BCUT2D eigenvalue weighted by Crippen LogP contribution is 2.19. The van der Waals surface area contributed by atoms with Gasteiger partial charge < -0.3 is 14.6 Å². The van der Waals surface area contributed by atoms with Gasteiger partial charge in [-0.3, -0.25) is 9.59 Å². The second kappa shape index (κ2) is 9.58. The van der Waals surface area contributed by atoms with Gasteiger partial charge >= 0.3 is 0 Å². The molecule has 3 rings (SSSR count). The molecule has 0 saturated carbocycles. The lowest BCUT2D eigenvalue weighted by atomic mass is 10.1. The van der Waals surface area contributed by atoms with Crippen molar-refractivity contribution in [2.24, 2.45) is 7.05 Å². The van der Waals surface area contributed by atoms with E-state index < -0.39 is 0 Å². The molecule has 0 bridgehead atoms. The van der Waals surface area contributed by atoms with E-state index in [9.17, 15) is 9.59 Å². The van der Waals surface area contributed by atoms with E-state index in [0.717, 1.165) is 0 Å². The highest BCUT2D eigenvalue weighted by molar-refractivity contribution is 7.99. The van der Waals surface area contributed by atoms with Gasteiger partial charge in [0, 0.05) is 23.3 Å². The van der Waals surface area contributed by atoms with Crippen LogP contribution in [0.15, 0.2) is 53.7 Å². The van der Waals surface area contributed by atoms with Crippen molar-refractivity contribution in [3.8, 4) is 5.75 Å². The topological polar surface area (TPSA) is 86.1 Å². The van der Waals surface area contributed by atoms with Gasteiger partial charge in [0.2, 0.25) is 5.91 Å². The number of thioether (sulfide) groups is 1. The maximum absolute atomic E-state index is 12.3. The molecular weight excluding hydrogens is 412 g/mol. The lowest BCUT2D eigenvalue weighted by Gasteiger charge is -2.06. The number of ether oxygens (including phenoxy) is 1. The van der Waals surface area contributed by atoms with E-state index in [1.807, 2.05) is 0 Å². The standard InChI is InChI=1S/C20H19ClN4O3S/c1-25-18(11-19(27)22-15-7-5-14(21)6-8-15)23-24-20(25)29-12-17(26)13-3-9-16(28-2)10-4-13/h3-10H,11-12H2,1-2H3,(H,22,27). The molecule has 29 heavy (non-hydrogen) atoms. The first-order chi connectivity index (χ1) is 14.0. The number of carbonyl (C=O) groups is 2. The Kier molecular flexibility index (Phi) is 6.90. The van der Waals surface area contributed by atoms with E-state index in [4.69, 9.17) is 16.3 Å². The van der Waals surface area contributed by atoms with Crippen LogP contribution >= 0.6 is 23.4 Å². The summed E-state index contributed by atoms with van der Waals surface area (Å²) in [5, 5.41) is 12.1. The van der Waals surface area contributed by atoms with Crippen molar-refractivity contribution in [2.45, 2.75) is 11.6 Å². The summed E-state index contributed by atoms with van der Waals surface area (Å²) in [5.74, 6) is 1.19. The van der Waals surface area contributed by atoms with Gasteiger partial charge in [0.15, 0.2) is 10.9 Å². The SMILES string of the molecule is COc1ccc(C(=O)CSc2nnc(CC(=O)Nc3ccc(Cl)cc3)n2C)cc1. The van der Waals surface area contributed by atoms with Crippen molar-refractivity contribution in [3.05, 3.63) is 64.9 Å². The van der Waals surface area contributed by atoms with Crippen molar-refractivity contribution in [2.75, 3.05) is 18.2 Å². The molecule has 7 nitrogen and oxygen atoms in total. The average Bonchev–Trinajstić information content (AvgIpc) is 3.07. The van der Waals surface area contributed by atoms with Crippen molar-refractivity contribution in [1.82, 2.24) is 14.8 Å². The molecule has 0 fully saturated rings. The number of hydrogen-bond acceptors (Lipinski definition) is 6. The Morgan fingerprint density at radius 2 is 1.79 bits per heavy atom. The molecule has 0 unspecified atom stereocenters. The largest absolute Gasteiger partial charge is 0.497 e. The zero-order valence-electron chi connectivity index (χ0n) is 15.9. The van der Waals surface area contributed by atoms with E-state index in [2.05, 4.69) is 15.5 Å². The van der Waals surface area contributed by atoms with Gasteiger partial charge in [-0.05, 0) is 48.5 Å². The van der Waals surface area contributed by atoms with Crippen LogP contribution in [0, 0.1) is 0 Å². The van der Waals surface area contributed by atoms with Gasteiger partial charge in [0.25, 0.3) is 0 Å². The smallest absolute Gasteiger partial charge is 0.232 e. The van der Waals surface area contributed by atoms with Crippen LogP contribution in [0.1, 0.15) is 16.2 Å². The maximum atomic E-state index is 12.3. The molecule has 1 aromatic heterocycles. The van der Waals surface area contributed by atoms with Gasteiger partial charge in [0.05, 0.1) is 19.3 Å². The average molecular weight is 431 g/mol. The molecule has 150 valence electrons. The number of nitrogens with zero attached hydrogens (tertiary/aromatic N) is 3. The third-order valence-corrected chi connectivity index (χ3v) is 5.39. The lowest BCUT2D eigenvalue weighted by molar-refractivity contribution is -0.115. The van der Waals surface area contributed by atoms with Crippen LogP contribution in [0.25, 0.3) is 0 Å². The zero-order valence-corrected chi connectivity index (χ0v) is 17.5. The zero-order chi connectivity index (χ0) is 20.8. The Bertz CT molecular complexity index is 1000. The number of rotatable bonds is 8. The predicted molar refractivity (Wildman–Crippen MR) is 113 cm³/mol. The fourth-order valence-electron chi connectivity index (χ4n) is 2.50. The third kappa shape index (κ3) is 5.58. The second-order valence-corrected chi connectivity index (χ2v) is 7.51. The molecule has 0 aliphatic carbocycles. The summed E-state index contributed by atoms with van der Waals surface area (Å²) in [6, 6.07) is 13.8. The monoisotopic (exact) mass is 430 g/mol. The fraction of sp³-hybridized carbons (Fsp3) is 0.200. The van der Waals surface area contributed by atoms with Crippen LogP contribution in [0.4, 0.5) is 5.69 Å². The van der Waals surface area contributed by atoms with Crippen LogP contribution in [-0.4, -0.2) is 39.3 Å². The lowest BCUT2D eigenvalue weighted by Crippen LogP contribution is -2.17. The molecule has 0 aliphatic heterocycles. The normalized spacial score (nSPS) is 10.6. The molecule has 0 spiro atoms. The number of anilines is 1. The number of amides is 1. The van der Waals surface area contributed by atoms with Crippen molar-refractivity contribution in [3.63, 3.8) is 0 Å². The minimum atomic E-state index is -0.214. The molecule has 2 aromatic carbocycles. The van der Waals surface area contributed by atoms with Gasteiger partial charge in [-0.25, -0.2) is 0 Å². The number of benzene rings is 2. The molecular formula is C20H19ClN4O3S. The summed E-state index contributed by atoms with van der Waals surface area (Å²) in [6.45, 7) is 0. The quantitative estimate of drug-likeness (QED) is 0.433. The van der Waals surface area contributed by atoms with E-state index >= 15 is 0 Å². The van der Waals surface area contributed by atoms with Gasteiger partial charge in [-0.2, -0.15) is 0 Å². The summed E-state index contributed by atoms with van der Waals surface area (Å²) in [4.78, 5) is 24.6. The number of halogens is 1. The molecule has 1 N–H and O–H groups in total. The summed E-state index contributed by atoms with van der Waals surface area (Å²) in [6.07, 6.45) is 0.0686. The van der Waals surface area contributed by atoms with Gasteiger partial charge in [-0.1, -0.05) is 23.4 Å². The number of aromatic nitrogens is 3. The second-order valence-electron chi connectivity index (χ2n) is 6.13. The summed E-state index contributed by atoms with van der Waals surface area (Å²) >= 11 is 7.12.